The van der Waals surface area contributed by atoms with Crippen LogP contribution in [0.1, 0.15) is 91.1 Å². The SMILES string of the molecule is CCC(=O)SCCOCCOP(O[C@H]1C[C@H](n2cnc3c(=O)[nH]c(NC(=O)C(Oc4ccccc4)C(C)(C)C)nc32)O[C@@H]1COC(c1ccccc1)(c1ccc(OC)cc1)c1ccc(OC)cc1)N(C(C)C)C(C)C. The minimum Gasteiger partial charge on any atom is -0.497 e. The van der Waals surface area contributed by atoms with Crippen LogP contribution in [0.15, 0.2) is 120 Å². The van der Waals surface area contributed by atoms with Gasteiger partial charge in [0.25, 0.3) is 20.0 Å². The fourth-order valence-electron chi connectivity index (χ4n) is 8.88. The molecule has 5 atom stereocenters. The number of imidazole rings is 1. The lowest BCUT2D eigenvalue weighted by Gasteiger charge is -2.39. The summed E-state index contributed by atoms with van der Waals surface area (Å²) in [6.45, 7) is 16.9. The number of benzene rings is 4. The number of rotatable bonds is 26. The van der Waals surface area contributed by atoms with Crippen molar-refractivity contribution in [2.75, 3.05) is 51.7 Å². The van der Waals surface area contributed by atoms with E-state index < -0.39 is 55.5 Å². The van der Waals surface area contributed by atoms with Crippen molar-refractivity contribution in [3.63, 3.8) is 0 Å². The number of hydrogen-bond donors (Lipinski definition) is 2. The minimum atomic E-state index is -1.75. The van der Waals surface area contributed by atoms with Crippen LogP contribution in [0.2, 0.25) is 0 Å². The third kappa shape index (κ3) is 14.2. The first-order valence-electron chi connectivity index (χ1n) is 25.3. The molecule has 402 valence electrons. The lowest BCUT2D eigenvalue weighted by molar-refractivity contribution is -0.127. The summed E-state index contributed by atoms with van der Waals surface area (Å²) in [7, 11) is 1.51. The molecule has 19 heteroatoms. The average molecular weight is 1070 g/mol. The number of aromatic amines is 1. The molecule has 3 heterocycles. The summed E-state index contributed by atoms with van der Waals surface area (Å²) < 4.78 is 55.6. The third-order valence-electron chi connectivity index (χ3n) is 12.5. The summed E-state index contributed by atoms with van der Waals surface area (Å²) in [5.41, 5.74) is 0.392. The monoisotopic (exact) mass is 1070 g/mol. The lowest BCUT2D eigenvalue weighted by Crippen LogP contribution is -2.43. The quantitative estimate of drug-likeness (QED) is 0.0297. The Morgan fingerprint density at radius 3 is 2.01 bits per heavy atom. The molecule has 6 aromatic rings. The first-order chi connectivity index (χ1) is 36.1. The van der Waals surface area contributed by atoms with Crippen molar-refractivity contribution in [1.29, 1.82) is 0 Å². The van der Waals surface area contributed by atoms with Gasteiger partial charge in [0.2, 0.25) is 5.95 Å². The van der Waals surface area contributed by atoms with Crippen LogP contribution in [0.3, 0.4) is 0 Å². The van der Waals surface area contributed by atoms with E-state index in [1.54, 1.807) is 30.9 Å². The number of carbonyl (C=O) groups excluding carboxylic acids is 2. The van der Waals surface area contributed by atoms with Crippen LogP contribution in [-0.2, 0) is 38.4 Å². The highest BCUT2D eigenvalue weighted by Gasteiger charge is 2.45. The molecule has 75 heavy (non-hydrogen) atoms. The van der Waals surface area contributed by atoms with Gasteiger partial charge in [-0.15, -0.1) is 0 Å². The van der Waals surface area contributed by atoms with Crippen LogP contribution in [0.4, 0.5) is 5.95 Å². The van der Waals surface area contributed by atoms with E-state index in [1.165, 1.54) is 18.1 Å². The van der Waals surface area contributed by atoms with Gasteiger partial charge in [0, 0.05) is 36.1 Å². The summed E-state index contributed by atoms with van der Waals surface area (Å²) in [6, 6.07) is 34.7. The molecule has 0 bridgehead atoms. The van der Waals surface area contributed by atoms with E-state index in [4.69, 9.17) is 42.5 Å². The number of nitrogens with zero attached hydrogens (tertiary/aromatic N) is 4. The highest BCUT2D eigenvalue weighted by Crippen LogP contribution is 2.51. The summed E-state index contributed by atoms with van der Waals surface area (Å²) in [5.74, 6) is 1.87. The maximum Gasteiger partial charge on any atom is 0.280 e. The van der Waals surface area contributed by atoms with Gasteiger partial charge in [0.05, 0.1) is 53.1 Å². The van der Waals surface area contributed by atoms with E-state index in [2.05, 4.69) is 47.7 Å². The number of anilines is 1. The van der Waals surface area contributed by atoms with E-state index in [-0.39, 0.29) is 53.9 Å². The molecule has 1 aliphatic heterocycles. The zero-order chi connectivity index (χ0) is 53.7. The van der Waals surface area contributed by atoms with E-state index in [9.17, 15) is 14.4 Å². The normalized spacial score (nSPS) is 16.9. The zero-order valence-electron chi connectivity index (χ0n) is 44.5. The number of hydrogen-bond acceptors (Lipinski definition) is 15. The van der Waals surface area contributed by atoms with E-state index in [0.717, 1.165) is 16.7 Å². The molecule has 4 aromatic carbocycles. The molecule has 0 aliphatic carbocycles. The predicted octanol–water partition coefficient (Wildman–Crippen LogP) is 10.3. The van der Waals surface area contributed by atoms with Crippen LogP contribution < -0.4 is 25.1 Å². The Hall–Kier alpha value is -5.69. The summed E-state index contributed by atoms with van der Waals surface area (Å²) >= 11 is 1.26. The first-order valence-corrected chi connectivity index (χ1v) is 27.4. The van der Waals surface area contributed by atoms with E-state index in [1.807, 2.05) is 125 Å². The van der Waals surface area contributed by atoms with Gasteiger partial charge in [0.15, 0.2) is 22.4 Å². The Bertz CT molecular complexity index is 2760. The number of carbonyl (C=O) groups is 2. The molecule has 0 saturated carbocycles. The Morgan fingerprint density at radius 2 is 1.44 bits per heavy atom. The molecule has 2 unspecified atom stereocenters. The smallest absolute Gasteiger partial charge is 0.280 e. The minimum absolute atomic E-state index is 0.00939. The largest absolute Gasteiger partial charge is 0.497 e. The maximum atomic E-state index is 14.0. The van der Waals surface area contributed by atoms with Gasteiger partial charge in [0.1, 0.15) is 35.2 Å². The van der Waals surface area contributed by atoms with Crippen molar-refractivity contribution >= 4 is 48.4 Å². The number of ether oxygens (including phenoxy) is 6. The number of thioether (sulfide) groups is 1. The van der Waals surface area contributed by atoms with Crippen molar-refractivity contribution in [2.45, 2.75) is 110 Å². The summed E-state index contributed by atoms with van der Waals surface area (Å²) in [6.07, 6.45) is -0.870. The van der Waals surface area contributed by atoms with Crippen LogP contribution in [-0.4, -0.2) is 112 Å². The highest BCUT2D eigenvalue weighted by molar-refractivity contribution is 8.13. The van der Waals surface area contributed by atoms with Crippen molar-refractivity contribution in [3.05, 3.63) is 143 Å². The maximum absolute atomic E-state index is 14.0. The van der Waals surface area contributed by atoms with Gasteiger partial charge < -0.3 is 37.5 Å². The topological polar surface area (TPSA) is 187 Å². The molecular weight excluding hydrogens is 996 g/mol. The first kappa shape index (κ1) is 57.0. The van der Waals surface area contributed by atoms with Gasteiger partial charge in [-0.3, -0.25) is 29.3 Å². The highest BCUT2D eigenvalue weighted by atomic mass is 32.2. The Kier molecular flexibility index (Phi) is 20.1. The van der Waals surface area contributed by atoms with Crippen LogP contribution in [0, 0.1) is 5.41 Å². The molecule has 2 N–H and O–H groups in total. The van der Waals surface area contributed by atoms with Crippen molar-refractivity contribution in [2.24, 2.45) is 5.41 Å². The van der Waals surface area contributed by atoms with Gasteiger partial charge in [-0.25, -0.2) is 9.65 Å². The molecule has 1 saturated heterocycles. The molecule has 2 aromatic heterocycles. The van der Waals surface area contributed by atoms with E-state index >= 15 is 0 Å². The third-order valence-corrected chi connectivity index (χ3v) is 15.6. The zero-order valence-corrected chi connectivity index (χ0v) is 46.2. The Balaban J connectivity index is 1.26. The number of H-pyrrole nitrogens is 1. The van der Waals surface area contributed by atoms with Crippen molar-refractivity contribution in [3.8, 4) is 17.2 Å². The average Bonchev–Trinajstić information content (AvgIpc) is 4.03. The van der Waals surface area contributed by atoms with Gasteiger partial charge in [-0.05, 0) is 80.8 Å². The molecule has 1 fully saturated rings. The number of methoxy groups -OCH3 is 2. The predicted molar refractivity (Wildman–Crippen MR) is 292 cm³/mol. The Morgan fingerprint density at radius 1 is 0.840 bits per heavy atom. The van der Waals surface area contributed by atoms with Gasteiger partial charge >= 0.3 is 0 Å². The number of amides is 1. The number of aromatic nitrogens is 4. The molecule has 0 spiro atoms. The Labute approximate surface area is 445 Å². The fourth-order valence-corrected chi connectivity index (χ4v) is 11.3. The number of fused-ring (bicyclic) bond motifs is 1. The molecule has 17 nitrogen and oxygen atoms in total. The van der Waals surface area contributed by atoms with Crippen molar-refractivity contribution < 1.29 is 47.1 Å². The van der Waals surface area contributed by atoms with Crippen LogP contribution >= 0.6 is 20.3 Å². The second kappa shape index (κ2) is 26.4. The second-order valence-corrected chi connectivity index (χ2v) is 22.1. The number of para-hydroxylation sites is 1. The van der Waals surface area contributed by atoms with Gasteiger partial charge in [-0.2, -0.15) is 4.98 Å². The lowest BCUT2D eigenvalue weighted by atomic mass is 9.80. The molecule has 7 rings (SSSR count). The second-order valence-electron chi connectivity index (χ2n) is 19.6. The molecule has 1 amide bonds. The van der Waals surface area contributed by atoms with Crippen LogP contribution in [0.25, 0.3) is 11.2 Å². The summed E-state index contributed by atoms with van der Waals surface area (Å²) in [5, 5.41) is 2.93. The molecule has 1 aliphatic rings. The van der Waals surface area contributed by atoms with Gasteiger partial charge in [-0.1, -0.05) is 112 Å². The summed E-state index contributed by atoms with van der Waals surface area (Å²) in [4.78, 5) is 51.6. The van der Waals surface area contributed by atoms with Crippen LogP contribution in [0.5, 0.6) is 17.2 Å². The fraction of sp³-hybridized carbons (Fsp3) is 0.446. The van der Waals surface area contributed by atoms with E-state index in [0.29, 0.717) is 42.6 Å². The van der Waals surface area contributed by atoms with Crippen molar-refractivity contribution in [1.82, 2.24) is 24.2 Å². The number of nitrogens with one attached hydrogen (secondary N) is 2. The molecule has 0 radical (unpaired) electrons. The standard InChI is InChI=1S/C56H71N6O11PS/c1-11-48(63)75-33-32-68-30-31-70-74(62(37(2)3)38(4)5)73-45-34-47(61-36-57-49-51(61)58-54(59-52(49)64)60-53(65)50(55(6,7)8)71-44-20-16-13-17-21-44)72-46(45)35-69-56(39-18-14-12-15-19-39,40-22-26-42(66-9)27-23-40)41-24-28-43(67-10)29-25-41/h12-29,36-38,45-47,50H,11,30-35H2,1-10H3,(H2,58,59,60,64,65)/t45-,46+,47+,50?,74?/m0/s1. The molecular formula is C56H71N6O11PS.